The molecule has 0 unspecified atom stereocenters. The van der Waals surface area contributed by atoms with E-state index in [-0.39, 0.29) is 18.0 Å². The first-order valence-corrected chi connectivity index (χ1v) is 9.09. The lowest BCUT2D eigenvalue weighted by molar-refractivity contribution is -0.137. The first-order valence-electron chi connectivity index (χ1n) is 9.09. The van der Waals surface area contributed by atoms with E-state index in [2.05, 4.69) is 4.99 Å². The Morgan fingerprint density at radius 2 is 1.79 bits per heavy atom. The minimum absolute atomic E-state index is 0.162. The number of carbonyl (C=O) groups is 1. The predicted molar refractivity (Wildman–Crippen MR) is 104 cm³/mol. The van der Waals surface area contributed by atoms with Crippen LogP contribution in [0.2, 0.25) is 0 Å². The molecule has 0 fully saturated rings. The van der Waals surface area contributed by atoms with Gasteiger partial charge in [0.25, 0.3) is 0 Å². The van der Waals surface area contributed by atoms with Gasteiger partial charge in [-0.2, -0.15) is 13.2 Å². The normalized spacial score (nSPS) is 14.2. The molecule has 154 valence electrons. The number of alkyl halides is 3. The van der Waals surface area contributed by atoms with Crippen molar-refractivity contribution in [2.24, 2.45) is 4.99 Å². The van der Waals surface area contributed by atoms with Gasteiger partial charge in [0.1, 0.15) is 6.54 Å². The molecule has 0 spiro atoms. The first-order chi connectivity index (χ1) is 13.8. The fourth-order valence-corrected chi connectivity index (χ4v) is 3.29. The molecule has 1 amide bonds. The van der Waals surface area contributed by atoms with Gasteiger partial charge in [-0.25, -0.2) is 0 Å². The van der Waals surface area contributed by atoms with E-state index in [1.54, 1.807) is 23.1 Å². The van der Waals surface area contributed by atoms with Crippen molar-refractivity contribution in [3.63, 3.8) is 0 Å². The summed E-state index contributed by atoms with van der Waals surface area (Å²) in [4.78, 5) is 18.6. The molecular weight excluding hydrogens is 385 g/mol. The van der Waals surface area contributed by atoms with Gasteiger partial charge in [-0.05, 0) is 24.6 Å². The second-order valence-electron chi connectivity index (χ2n) is 6.51. The van der Waals surface area contributed by atoms with Gasteiger partial charge < -0.3 is 14.4 Å². The van der Waals surface area contributed by atoms with Gasteiger partial charge in [-0.1, -0.05) is 19.1 Å². The Morgan fingerprint density at radius 1 is 1.10 bits per heavy atom. The molecule has 0 bridgehead atoms. The number of benzene rings is 2. The van der Waals surface area contributed by atoms with Crippen molar-refractivity contribution >= 4 is 17.3 Å². The average Bonchev–Trinajstić information content (AvgIpc) is 2.83. The molecule has 1 aliphatic rings. The van der Waals surface area contributed by atoms with Crippen LogP contribution in [-0.2, 0) is 11.0 Å². The third-order valence-electron chi connectivity index (χ3n) is 4.63. The summed E-state index contributed by atoms with van der Waals surface area (Å²) in [7, 11) is 2.95. The number of halogens is 3. The predicted octanol–water partition coefficient (Wildman–Crippen LogP) is 4.32. The van der Waals surface area contributed by atoms with Gasteiger partial charge in [0.05, 0.1) is 31.2 Å². The Morgan fingerprint density at radius 3 is 2.41 bits per heavy atom. The van der Waals surface area contributed by atoms with Crippen LogP contribution < -0.4 is 14.4 Å². The largest absolute Gasteiger partial charge is 0.493 e. The highest BCUT2D eigenvalue weighted by Gasteiger charge is 2.32. The molecule has 0 aromatic heterocycles. The van der Waals surface area contributed by atoms with E-state index in [1.165, 1.54) is 20.3 Å². The molecule has 0 saturated heterocycles. The van der Waals surface area contributed by atoms with Crippen molar-refractivity contribution in [2.45, 2.75) is 19.5 Å². The summed E-state index contributed by atoms with van der Waals surface area (Å²) in [5, 5.41) is 0. The number of fused-ring (bicyclic) bond motifs is 1. The highest BCUT2D eigenvalue weighted by atomic mass is 19.4. The summed E-state index contributed by atoms with van der Waals surface area (Å²) >= 11 is 0. The minimum atomic E-state index is -4.48. The molecule has 2 aromatic carbocycles. The number of hydrogen-bond acceptors (Lipinski definition) is 4. The van der Waals surface area contributed by atoms with Crippen molar-refractivity contribution in [3.05, 3.63) is 53.1 Å². The molecule has 0 N–H and O–H groups in total. The summed E-state index contributed by atoms with van der Waals surface area (Å²) in [5.41, 5.74) is 0.851. The minimum Gasteiger partial charge on any atom is -0.493 e. The van der Waals surface area contributed by atoms with Gasteiger partial charge in [-0.15, -0.1) is 0 Å². The summed E-state index contributed by atoms with van der Waals surface area (Å²) in [6.45, 7) is 2.23. The Balaban J connectivity index is 2.24. The molecule has 0 aliphatic carbocycles. The molecule has 2 aromatic rings. The number of methoxy groups -OCH3 is 2. The maximum atomic E-state index is 13.2. The van der Waals surface area contributed by atoms with E-state index >= 15 is 0 Å². The Kier molecular flexibility index (Phi) is 5.81. The fourth-order valence-electron chi connectivity index (χ4n) is 3.29. The summed E-state index contributed by atoms with van der Waals surface area (Å²) in [6, 6.07) is 8.24. The van der Waals surface area contributed by atoms with Crippen molar-refractivity contribution in [3.8, 4) is 11.5 Å². The molecule has 0 atom stereocenters. The number of nitrogens with zero attached hydrogens (tertiary/aromatic N) is 2. The van der Waals surface area contributed by atoms with Crippen LogP contribution in [0.15, 0.2) is 41.4 Å². The number of amides is 1. The molecule has 0 radical (unpaired) electrons. The van der Waals surface area contributed by atoms with E-state index in [4.69, 9.17) is 9.47 Å². The maximum Gasteiger partial charge on any atom is 0.416 e. The lowest BCUT2D eigenvalue weighted by Gasteiger charge is -2.24. The van der Waals surface area contributed by atoms with E-state index in [9.17, 15) is 18.0 Å². The maximum absolute atomic E-state index is 13.2. The zero-order valence-electron chi connectivity index (χ0n) is 16.3. The van der Waals surface area contributed by atoms with Crippen LogP contribution >= 0.6 is 0 Å². The second-order valence-corrected chi connectivity index (χ2v) is 6.51. The Labute approximate surface area is 166 Å². The van der Waals surface area contributed by atoms with E-state index in [1.807, 2.05) is 6.92 Å². The number of carbonyl (C=O) groups excluding carboxylic acids is 1. The molecule has 8 heteroatoms. The summed E-state index contributed by atoms with van der Waals surface area (Å²) in [6.07, 6.45) is -3.77. The lowest BCUT2D eigenvalue weighted by atomic mass is 9.97. The number of ether oxygens (including phenoxy) is 2. The fraction of sp³-hybridized carbons (Fsp3) is 0.333. The molecule has 1 aliphatic heterocycles. The third kappa shape index (κ3) is 4.06. The smallest absolute Gasteiger partial charge is 0.416 e. The van der Waals surface area contributed by atoms with Crippen molar-refractivity contribution in [2.75, 3.05) is 32.2 Å². The SMILES string of the molecule is CCCN1C(=O)CN=C(c2cccc(C(F)(F)F)c2)c2cc(OC)c(OC)cc21. The standard InChI is InChI=1S/C21H21F3N2O3/c1-4-8-26-16-11-18(29-3)17(28-2)10-15(16)20(25-12-19(26)27)13-6-5-7-14(9-13)21(22,23)24/h5-7,9-11H,4,8,12H2,1-3H3. The number of hydrogen-bond donors (Lipinski definition) is 0. The van der Waals surface area contributed by atoms with Crippen LogP contribution in [0.4, 0.5) is 18.9 Å². The zero-order chi connectivity index (χ0) is 21.2. The van der Waals surface area contributed by atoms with Crippen LogP contribution in [0.25, 0.3) is 0 Å². The van der Waals surface area contributed by atoms with Crippen LogP contribution in [-0.4, -0.2) is 38.9 Å². The molecule has 5 nitrogen and oxygen atoms in total. The zero-order valence-corrected chi connectivity index (χ0v) is 16.3. The van der Waals surface area contributed by atoms with Gasteiger partial charge in [0.2, 0.25) is 5.91 Å². The summed E-state index contributed by atoms with van der Waals surface area (Å²) < 4.78 is 50.4. The average molecular weight is 406 g/mol. The van der Waals surface area contributed by atoms with Crippen LogP contribution in [0.5, 0.6) is 11.5 Å². The van der Waals surface area contributed by atoms with Crippen LogP contribution in [0.1, 0.15) is 30.0 Å². The van der Waals surface area contributed by atoms with Crippen LogP contribution in [0, 0.1) is 0 Å². The lowest BCUT2D eigenvalue weighted by Crippen LogP contribution is -2.33. The second kappa shape index (κ2) is 8.14. The van der Waals surface area contributed by atoms with Gasteiger partial charge in [0, 0.05) is 23.7 Å². The van der Waals surface area contributed by atoms with Gasteiger partial charge >= 0.3 is 6.18 Å². The Hall–Kier alpha value is -3.03. The van der Waals surface area contributed by atoms with Crippen molar-refractivity contribution < 1.29 is 27.4 Å². The number of anilines is 1. The van der Waals surface area contributed by atoms with Crippen molar-refractivity contribution in [1.82, 2.24) is 0 Å². The third-order valence-corrected chi connectivity index (χ3v) is 4.63. The highest BCUT2D eigenvalue weighted by molar-refractivity contribution is 6.20. The number of rotatable bonds is 5. The summed E-state index contributed by atoms with van der Waals surface area (Å²) in [5.74, 6) is 0.587. The quantitative estimate of drug-likeness (QED) is 0.743. The van der Waals surface area contributed by atoms with Crippen LogP contribution in [0.3, 0.4) is 0 Å². The van der Waals surface area contributed by atoms with Gasteiger partial charge in [0.15, 0.2) is 11.5 Å². The molecule has 3 rings (SSSR count). The first kappa shape index (κ1) is 20.7. The Bertz CT molecular complexity index is 955. The molecular formula is C21H21F3N2O3. The van der Waals surface area contributed by atoms with Crippen molar-refractivity contribution in [1.29, 1.82) is 0 Å². The molecule has 1 heterocycles. The molecule has 29 heavy (non-hydrogen) atoms. The number of benzodiazepines with no additional fused rings is 1. The topological polar surface area (TPSA) is 51.1 Å². The van der Waals surface area contributed by atoms with E-state index < -0.39 is 11.7 Å². The molecule has 0 saturated carbocycles. The van der Waals surface area contributed by atoms with Gasteiger partial charge in [-0.3, -0.25) is 9.79 Å². The monoisotopic (exact) mass is 406 g/mol. The van der Waals surface area contributed by atoms with E-state index in [0.29, 0.717) is 41.4 Å². The van der Waals surface area contributed by atoms with E-state index in [0.717, 1.165) is 12.1 Å². The highest BCUT2D eigenvalue weighted by Crippen LogP contribution is 2.38. The number of aliphatic imine (C=N–C) groups is 1.